The van der Waals surface area contributed by atoms with Crippen LogP contribution in [-0.4, -0.2) is 46.2 Å². The Balaban J connectivity index is 1.96. The Morgan fingerprint density at radius 3 is 2.57 bits per heavy atom. The van der Waals surface area contributed by atoms with Gasteiger partial charge in [0.05, 0.1) is 17.8 Å². The Morgan fingerprint density at radius 2 is 1.87 bits per heavy atom. The number of aromatic nitrogens is 2. The highest BCUT2D eigenvalue weighted by Crippen LogP contribution is 2.34. The van der Waals surface area contributed by atoms with Crippen LogP contribution in [0.25, 0.3) is 0 Å². The van der Waals surface area contributed by atoms with E-state index in [2.05, 4.69) is 21.2 Å². The molecule has 0 spiro atoms. The van der Waals surface area contributed by atoms with E-state index >= 15 is 0 Å². The minimum atomic E-state index is 0.144. The third-order valence-electron chi connectivity index (χ3n) is 5.27. The monoisotopic (exact) mass is 313 g/mol. The maximum atomic E-state index is 11.9. The Hall–Kier alpha value is -2.16. The first-order chi connectivity index (χ1) is 11.0. The number of anilines is 1. The molecule has 3 heterocycles. The first-order valence-electron chi connectivity index (χ1n) is 8.32. The highest BCUT2D eigenvalue weighted by Gasteiger charge is 2.40. The molecule has 122 valence electrons. The van der Waals surface area contributed by atoms with Gasteiger partial charge in [-0.25, -0.2) is 0 Å². The van der Waals surface area contributed by atoms with Gasteiger partial charge in [-0.15, -0.1) is 5.10 Å². The van der Waals surface area contributed by atoms with Crippen LogP contribution in [0.5, 0.6) is 0 Å². The number of aryl methyl sites for hydroxylation is 1. The van der Waals surface area contributed by atoms with Crippen LogP contribution in [0.15, 0.2) is 0 Å². The van der Waals surface area contributed by atoms with E-state index in [0.29, 0.717) is 11.4 Å². The van der Waals surface area contributed by atoms with E-state index in [4.69, 9.17) is 0 Å². The molecule has 0 aliphatic carbocycles. The van der Waals surface area contributed by atoms with E-state index < -0.39 is 0 Å². The van der Waals surface area contributed by atoms with Gasteiger partial charge in [0.2, 0.25) is 5.91 Å². The van der Waals surface area contributed by atoms with Crippen molar-refractivity contribution in [1.29, 1.82) is 5.26 Å². The maximum Gasteiger partial charge on any atom is 0.219 e. The average molecular weight is 313 g/mol. The molecule has 0 bridgehead atoms. The first-order valence-corrected chi connectivity index (χ1v) is 8.32. The average Bonchev–Trinajstić information content (AvgIpc) is 3.17. The number of carbonyl (C=O) groups excluding carboxylic acids is 1. The van der Waals surface area contributed by atoms with Gasteiger partial charge in [-0.3, -0.25) is 4.79 Å². The Morgan fingerprint density at radius 1 is 1.17 bits per heavy atom. The summed E-state index contributed by atoms with van der Waals surface area (Å²) in [5.41, 5.74) is 2.32. The summed E-state index contributed by atoms with van der Waals surface area (Å²) in [6, 6.07) is 2.77. The van der Waals surface area contributed by atoms with E-state index in [-0.39, 0.29) is 18.0 Å². The zero-order valence-corrected chi connectivity index (χ0v) is 14.0. The van der Waals surface area contributed by atoms with Gasteiger partial charge in [0.25, 0.3) is 0 Å². The van der Waals surface area contributed by atoms with Gasteiger partial charge >= 0.3 is 0 Å². The van der Waals surface area contributed by atoms with Gasteiger partial charge in [-0.2, -0.15) is 10.4 Å². The van der Waals surface area contributed by atoms with Crippen molar-refractivity contribution in [2.75, 3.05) is 18.0 Å². The molecule has 2 atom stereocenters. The molecule has 2 unspecified atom stereocenters. The fourth-order valence-electron chi connectivity index (χ4n) is 3.97. The molecular weight excluding hydrogens is 290 g/mol. The van der Waals surface area contributed by atoms with E-state index in [1.54, 1.807) is 6.92 Å². The lowest BCUT2D eigenvalue weighted by Crippen LogP contribution is -2.48. The summed E-state index contributed by atoms with van der Waals surface area (Å²) in [4.78, 5) is 16.1. The van der Waals surface area contributed by atoms with Crippen LogP contribution in [0.1, 0.15) is 49.4 Å². The Bertz CT molecular complexity index is 666. The summed E-state index contributed by atoms with van der Waals surface area (Å²) < 4.78 is 0. The molecule has 2 fully saturated rings. The minimum absolute atomic E-state index is 0.144. The molecule has 6 heteroatoms. The molecule has 0 aromatic carbocycles. The molecule has 3 rings (SSSR count). The summed E-state index contributed by atoms with van der Waals surface area (Å²) in [6.45, 7) is 7.17. The fraction of sp³-hybridized carbons (Fsp3) is 0.647. The van der Waals surface area contributed by atoms with Crippen LogP contribution in [0, 0.1) is 25.2 Å². The summed E-state index contributed by atoms with van der Waals surface area (Å²) in [7, 11) is 0. The van der Waals surface area contributed by atoms with E-state index in [1.165, 1.54) is 0 Å². The third-order valence-corrected chi connectivity index (χ3v) is 5.27. The van der Waals surface area contributed by atoms with Gasteiger partial charge in [0.1, 0.15) is 11.6 Å². The number of rotatable bonds is 2. The molecule has 1 amide bonds. The second kappa shape index (κ2) is 6.15. The van der Waals surface area contributed by atoms with E-state index in [9.17, 15) is 10.1 Å². The minimum Gasteiger partial charge on any atom is -0.349 e. The predicted octanol–water partition coefficient (Wildman–Crippen LogP) is 1.94. The second-order valence-electron chi connectivity index (χ2n) is 6.55. The number of carbonyl (C=O) groups is 1. The molecule has 0 radical (unpaired) electrons. The highest BCUT2D eigenvalue weighted by molar-refractivity contribution is 5.74. The van der Waals surface area contributed by atoms with Crippen molar-refractivity contribution >= 4 is 11.7 Å². The van der Waals surface area contributed by atoms with Crippen LogP contribution < -0.4 is 4.90 Å². The van der Waals surface area contributed by atoms with Crippen LogP contribution in [0.3, 0.4) is 0 Å². The Labute approximate surface area is 137 Å². The number of nitrogens with zero attached hydrogens (tertiary/aromatic N) is 5. The summed E-state index contributed by atoms with van der Waals surface area (Å²) in [5, 5.41) is 18.1. The number of nitriles is 1. The van der Waals surface area contributed by atoms with Crippen molar-refractivity contribution in [3.05, 3.63) is 16.8 Å². The predicted molar refractivity (Wildman–Crippen MR) is 87.0 cm³/mol. The molecule has 0 saturated carbocycles. The summed E-state index contributed by atoms with van der Waals surface area (Å²) in [6.07, 6.45) is 4.18. The third kappa shape index (κ3) is 2.65. The van der Waals surface area contributed by atoms with Crippen molar-refractivity contribution in [1.82, 2.24) is 15.1 Å². The molecule has 2 aliphatic rings. The number of hydrogen-bond acceptors (Lipinski definition) is 5. The van der Waals surface area contributed by atoms with Crippen molar-refractivity contribution in [3.8, 4) is 6.07 Å². The smallest absolute Gasteiger partial charge is 0.219 e. The first kappa shape index (κ1) is 15.7. The fourth-order valence-corrected chi connectivity index (χ4v) is 3.97. The van der Waals surface area contributed by atoms with Gasteiger partial charge in [-0.05, 0) is 45.1 Å². The molecule has 1 aromatic rings. The van der Waals surface area contributed by atoms with Crippen LogP contribution >= 0.6 is 0 Å². The standard InChI is InChI=1S/C17H23N5O/c1-11-12(2)19-20-17(14(11)10-18)22-9-5-7-16(22)15-6-4-8-21(15)13(3)23/h15-16H,4-9H2,1-3H3. The van der Waals surface area contributed by atoms with Crippen molar-refractivity contribution in [2.45, 2.75) is 58.5 Å². The van der Waals surface area contributed by atoms with Crippen LogP contribution in [-0.2, 0) is 4.79 Å². The van der Waals surface area contributed by atoms with Gasteiger partial charge < -0.3 is 9.80 Å². The second-order valence-corrected chi connectivity index (χ2v) is 6.55. The van der Waals surface area contributed by atoms with Crippen molar-refractivity contribution in [2.24, 2.45) is 0 Å². The van der Waals surface area contributed by atoms with E-state index in [0.717, 1.165) is 50.0 Å². The quantitative estimate of drug-likeness (QED) is 0.834. The number of amides is 1. The lowest BCUT2D eigenvalue weighted by molar-refractivity contribution is -0.129. The molecule has 1 aromatic heterocycles. The van der Waals surface area contributed by atoms with Crippen molar-refractivity contribution in [3.63, 3.8) is 0 Å². The SMILES string of the molecule is CC(=O)N1CCCC1C1CCCN1c1nnc(C)c(C)c1C#N. The zero-order chi connectivity index (χ0) is 16.6. The largest absolute Gasteiger partial charge is 0.349 e. The maximum absolute atomic E-state index is 11.9. The molecule has 2 saturated heterocycles. The number of hydrogen-bond donors (Lipinski definition) is 0. The molecule has 0 N–H and O–H groups in total. The number of likely N-dealkylation sites (tertiary alicyclic amines) is 1. The Kier molecular flexibility index (Phi) is 4.20. The van der Waals surface area contributed by atoms with Gasteiger partial charge in [0, 0.05) is 20.0 Å². The topological polar surface area (TPSA) is 73.1 Å². The van der Waals surface area contributed by atoms with Gasteiger partial charge in [-0.1, -0.05) is 0 Å². The lowest BCUT2D eigenvalue weighted by Gasteiger charge is -2.35. The van der Waals surface area contributed by atoms with Crippen LogP contribution in [0.2, 0.25) is 0 Å². The normalized spacial score (nSPS) is 24.1. The summed E-state index contributed by atoms with van der Waals surface area (Å²) >= 11 is 0. The molecule has 23 heavy (non-hydrogen) atoms. The summed E-state index contributed by atoms with van der Waals surface area (Å²) in [5.74, 6) is 0.833. The lowest BCUT2D eigenvalue weighted by atomic mass is 10.0. The molecule has 6 nitrogen and oxygen atoms in total. The van der Waals surface area contributed by atoms with Crippen LogP contribution in [0.4, 0.5) is 5.82 Å². The highest BCUT2D eigenvalue weighted by atomic mass is 16.2. The van der Waals surface area contributed by atoms with Crippen molar-refractivity contribution < 1.29 is 4.79 Å². The molecular formula is C17H23N5O. The van der Waals surface area contributed by atoms with E-state index in [1.807, 2.05) is 18.7 Å². The molecule has 2 aliphatic heterocycles. The van der Waals surface area contributed by atoms with Gasteiger partial charge in [0.15, 0.2) is 5.82 Å². The zero-order valence-electron chi connectivity index (χ0n) is 14.0.